The normalized spacial score (nSPS) is 18.7. The first-order valence-electron chi connectivity index (χ1n) is 6.52. The van der Waals surface area contributed by atoms with Gasteiger partial charge in [-0.15, -0.1) is 11.3 Å². The summed E-state index contributed by atoms with van der Waals surface area (Å²) >= 11 is 1.59. The summed E-state index contributed by atoms with van der Waals surface area (Å²) in [5, 5.41) is 12.4. The van der Waals surface area contributed by atoms with Crippen molar-refractivity contribution in [1.29, 1.82) is 0 Å². The van der Waals surface area contributed by atoms with Crippen molar-refractivity contribution >= 4 is 11.3 Å². The van der Waals surface area contributed by atoms with Crippen LogP contribution in [0.4, 0.5) is 0 Å². The quantitative estimate of drug-likeness (QED) is 0.880. The number of hydrogen-bond acceptors (Lipinski definition) is 3. The predicted molar refractivity (Wildman–Crippen MR) is 74.1 cm³/mol. The molecule has 1 N–H and O–H groups in total. The van der Waals surface area contributed by atoms with Crippen molar-refractivity contribution in [1.82, 2.24) is 4.98 Å². The summed E-state index contributed by atoms with van der Waals surface area (Å²) in [5.41, 5.74) is 1.38. The molecule has 1 aromatic carbocycles. The fraction of sp³-hybridized carbons (Fsp3) is 0.400. The van der Waals surface area contributed by atoms with Crippen LogP contribution >= 0.6 is 11.3 Å². The number of benzene rings is 1. The van der Waals surface area contributed by atoms with Crippen LogP contribution in [-0.2, 0) is 5.41 Å². The van der Waals surface area contributed by atoms with Crippen LogP contribution in [0.15, 0.2) is 35.7 Å². The lowest BCUT2D eigenvalue weighted by Crippen LogP contribution is -2.30. The molecule has 3 heteroatoms. The lowest BCUT2D eigenvalue weighted by molar-refractivity contribution is 0.341. The van der Waals surface area contributed by atoms with Crippen LogP contribution in [0.5, 0.6) is 5.88 Å². The molecule has 0 bridgehead atoms. The summed E-state index contributed by atoms with van der Waals surface area (Å²) in [6.07, 6.45) is 6.09. The van der Waals surface area contributed by atoms with E-state index in [0.29, 0.717) is 0 Å². The van der Waals surface area contributed by atoms with Gasteiger partial charge in [0, 0.05) is 5.41 Å². The van der Waals surface area contributed by atoms with Crippen molar-refractivity contribution in [2.24, 2.45) is 0 Å². The van der Waals surface area contributed by atoms with Crippen LogP contribution in [0.25, 0.3) is 0 Å². The van der Waals surface area contributed by atoms with Crippen molar-refractivity contribution in [2.75, 3.05) is 0 Å². The standard InChI is InChI=1S/C15H17NOS/c17-13-11-18-14(16-13)15(9-5-2-6-10-15)12-7-3-1-4-8-12/h1,3-4,7-8,11,17H,2,5-6,9-10H2. The SMILES string of the molecule is Oc1csc(C2(c3ccccc3)CCCCC2)n1. The van der Waals surface area contributed by atoms with Gasteiger partial charge in [-0.05, 0) is 18.4 Å². The highest BCUT2D eigenvalue weighted by Gasteiger charge is 2.38. The molecule has 1 aromatic heterocycles. The number of thiazole rings is 1. The molecule has 0 atom stereocenters. The molecule has 0 aliphatic heterocycles. The van der Waals surface area contributed by atoms with Crippen LogP contribution in [0.2, 0.25) is 0 Å². The molecule has 2 aromatic rings. The maximum Gasteiger partial charge on any atom is 0.222 e. The highest BCUT2D eigenvalue weighted by molar-refractivity contribution is 7.10. The van der Waals surface area contributed by atoms with Gasteiger partial charge in [-0.3, -0.25) is 0 Å². The lowest BCUT2D eigenvalue weighted by atomic mass is 9.70. The van der Waals surface area contributed by atoms with Crippen molar-refractivity contribution in [3.63, 3.8) is 0 Å². The number of hydrogen-bond donors (Lipinski definition) is 1. The van der Waals surface area contributed by atoms with Crippen LogP contribution in [0.3, 0.4) is 0 Å². The van der Waals surface area contributed by atoms with Gasteiger partial charge in [0.1, 0.15) is 5.01 Å². The molecule has 0 saturated heterocycles. The Balaban J connectivity index is 2.09. The maximum atomic E-state index is 9.54. The molecule has 3 rings (SSSR count). The molecule has 18 heavy (non-hydrogen) atoms. The smallest absolute Gasteiger partial charge is 0.222 e. The average molecular weight is 259 g/mol. The maximum absolute atomic E-state index is 9.54. The zero-order valence-electron chi connectivity index (χ0n) is 10.3. The van der Waals surface area contributed by atoms with Crippen LogP contribution in [0.1, 0.15) is 42.7 Å². The molecule has 1 fully saturated rings. The summed E-state index contributed by atoms with van der Waals surface area (Å²) in [4.78, 5) is 4.36. The summed E-state index contributed by atoms with van der Waals surface area (Å²) in [6.45, 7) is 0. The first-order valence-corrected chi connectivity index (χ1v) is 7.40. The zero-order chi connectivity index (χ0) is 12.4. The molecule has 1 aliphatic rings. The van der Waals surface area contributed by atoms with E-state index in [0.717, 1.165) is 17.8 Å². The molecular formula is C15H17NOS. The molecule has 2 nitrogen and oxygen atoms in total. The van der Waals surface area contributed by atoms with E-state index >= 15 is 0 Å². The van der Waals surface area contributed by atoms with Gasteiger partial charge in [0.25, 0.3) is 0 Å². The highest BCUT2D eigenvalue weighted by atomic mass is 32.1. The van der Waals surface area contributed by atoms with E-state index in [2.05, 4.69) is 35.3 Å². The van der Waals surface area contributed by atoms with Crippen LogP contribution < -0.4 is 0 Å². The van der Waals surface area contributed by atoms with E-state index in [1.165, 1.54) is 24.8 Å². The summed E-state index contributed by atoms with van der Waals surface area (Å²) in [5.74, 6) is 0.163. The molecule has 1 saturated carbocycles. The minimum absolute atomic E-state index is 0.0329. The van der Waals surface area contributed by atoms with Gasteiger partial charge in [0.2, 0.25) is 5.88 Å². The van der Waals surface area contributed by atoms with E-state index in [1.54, 1.807) is 16.7 Å². The number of nitrogens with zero attached hydrogens (tertiary/aromatic N) is 1. The van der Waals surface area contributed by atoms with E-state index in [4.69, 9.17) is 0 Å². The molecule has 0 unspecified atom stereocenters. The Morgan fingerprint density at radius 1 is 1.06 bits per heavy atom. The van der Waals surface area contributed by atoms with Crippen molar-refractivity contribution < 1.29 is 5.11 Å². The Hall–Kier alpha value is -1.35. The summed E-state index contributed by atoms with van der Waals surface area (Å²) in [6, 6.07) is 10.6. The molecule has 1 aliphatic carbocycles. The molecule has 94 valence electrons. The first-order chi connectivity index (χ1) is 8.81. The minimum atomic E-state index is 0.0329. The van der Waals surface area contributed by atoms with Crippen molar-refractivity contribution in [3.05, 3.63) is 46.3 Å². The third kappa shape index (κ3) is 1.93. The molecule has 1 heterocycles. The van der Waals surface area contributed by atoms with E-state index in [-0.39, 0.29) is 11.3 Å². The van der Waals surface area contributed by atoms with Gasteiger partial charge < -0.3 is 5.11 Å². The molecular weight excluding hydrogens is 242 g/mol. The highest BCUT2D eigenvalue weighted by Crippen LogP contribution is 2.46. The van der Waals surface area contributed by atoms with Gasteiger partial charge in [-0.2, -0.15) is 0 Å². The van der Waals surface area contributed by atoms with Crippen molar-refractivity contribution in [2.45, 2.75) is 37.5 Å². The Labute approximate surface area is 111 Å². The predicted octanol–water partition coefficient (Wildman–Crippen LogP) is 4.10. The first kappa shape index (κ1) is 11.7. The van der Waals surface area contributed by atoms with Crippen LogP contribution in [-0.4, -0.2) is 10.1 Å². The molecule has 0 spiro atoms. The molecule has 0 radical (unpaired) electrons. The van der Waals surface area contributed by atoms with Crippen molar-refractivity contribution in [3.8, 4) is 5.88 Å². The van der Waals surface area contributed by atoms with Gasteiger partial charge in [-0.25, -0.2) is 4.98 Å². The van der Waals surface area contributed by atoms with Gasteiger partial charge in [-0.1, -0.05) is 49.6 Å². The van der Waals surface area contributed by atoms with Crippen LogP contribution in [0, 0.1) is 0 Å². The Morgan fingerprint density at radius 2 is 1.78 bits per heavy atom. The third-order valence-corrected chi connectivity index (χ3v) is 4.97. The fourth-order valence-corrected chi connectivity index (χ4v) is 3.99. The second-order valence-electron chi connectivity index (χ2n) is 5.02. The Kier molecular flexibility index (Phi) is 3.08. The second kappa shape index (κ2) is 4.73. The van der Waals surface area contributed by atoms with Gasteiger partial charge >= 0.3 is 0 Å². The van der Waals surface area contributed by atoms with E-state index < -0.39 is 0 Å². The topological polar surface area (TPSA) is 33.1 Å². The number of aromatic nitrogens is 1. The monoisotopic (exact) mass is 259 g/mol. The second-order valence-corrected chi connectivity index (χ2v) is 5.88. The lowest BCUT2D eigenvalue weighted by Gasteiger charge is -2.36. The zero-order valence-corrected chi connectivity index (χ0v) is 11.1. The summed E-state index contributed by atoms with van der Waals surface area (Å²) < 4.78 is 0. The average Bonchev–Trinajstić information content (AvgIpc) is 2.88. The Morgan fingerprint density at radius 3 is 2.39 bits per heavy atom. The largest absolute Gasteiger partial charge is 0.493 e. The van der Waals surface area contributed by atoms with Gasteiger partial charge in [0.05, 0.1) is 5.38 Å². The van der Waals surface area contributed by atoms with E-state index in [1.807, 2.05) is 0 Å². The Bertz CT molecular complexity index is 514. The van der Waals surface area contributed by atoms with Gasteiger partial charge in [0.15, 0.2) is 0 Å². The van der Waals surface area contributed by atoms with E-state index in [9.17, 15) is 5.11 Å². The third-order valence-electron chi connectivity index (χ3n) is 3.93. The fourth-order valence-electron chi connectivity index (χ4n) is 3.02. The summed E-state index contributed by atoms with van der Waals surface area (Å²) in [7, 11) is 0. The number of rotatable bonds is 2. The molecule has 0 amide bonds. The minimum Gasteiger partial charge on any atom is -0.493 e. The number of aromatic hydroxyl groups is 1.